The second-order valence-electron chi connectivity index (χ2n) is 3.29. The van der Waals surface area contributed by atoms with Crippen molar-refractivity contribution in [2.24, 2.45) is 0 Å². The van der Waals surface area contributed by atoms with Gasteiger partial charge in [-0.15, -0.1) is 6.58 Å². The van der Waals surface area contributed by atoms with Crippen LogP contribution < -0.4 is 0 Å². The molecule has 0 saturated carbocycles. The van der Waals surface area contributed by atoms with Gasteiger partial charge in [-0.3, -0.25) is 0 Å². The second kappa shape index (κ2) is 3.09. The summed E-state index contributed by atoms with van der Waals surface area (Å²) in [6.07, 6.45) is 4.88. The summed E-state index contributed by atoms with van der Waals surface area (Å²) in [6.45, 7) is 5.92. The minimum atomic E-state index is 0.945. The first-order valence-electron chi connectivity index (χ1n) is 4.49. The number of allylic oxidation sites excluding steroid dienone is 1. The third kappa shape index (κ3) is 1.26. The monoisotopic (exact) mass is 171 g/mol. The number of aryl methyl sites for hydroxylation is 1. The number of hydrogen-bond donors (Lipinski definition) is 1. The molecule has 0 bridgehead atoms. The van der Waals surface area contributed by atoms with Crippen molar-refractivity contribution in [1.82, 2.24) is 4.98 Å². The topological polar surface area (TPSA) is 15.8 Å². The number of aromatic amines is 1. The molecule has 1 aromatic carbocycles. The molecule has 66 valence electrons. The minimum Gasteiger partial charge on any atom is -0.361 e. The van der Waals surface area contributed by atoms with Crippen molar-refractivity contribution in [3.05, 3.63) is 48.2 Å². The predicted octanol–water partition coefficient (Wildman–Crippen LogP) is 3.20. The molecule has 0 amide bonds. The van der Waals surface area contributed by atoms with Crippen LogP contribution in [0.2, 0.25) is 0 Å². The van der Waals surface area contributed by atoms with Gasteiger partial charge in [0.1, 0.15) is 0 Å². The molecule has 0 fully saturated rings. The van der Waals surface area contributed by atoms with E-state index in [-0.39, 0.29) is 0 Å². The second-order valence-corrected chi connectivity index (χ2v) is 3.29. The molecule has 1 N–H and O–H groups in total. The van der Waals surface area contributed by atoms with Crippen LogP contribution in [-0.4, -0.2) is 4.98 Å². The van der Waals surface area contributed by atoms with Crippen molar-refractivity contribution < 1.29 is 0 Å². The van der Waals surface area contributed by atoms with Gasteiger partial charge < -0.3 is 4.98 Å². The lowest BCUT2D eigenvalue weighted by molar-refractivity contribution is 1.25. The maximum absolute atomic E-state index is 3.78. The van der Waals surface area contributed by atoms with Crippen LogP contribution in [0.25, 0.3) is 10.9 Å². The fraction of sp³-hybridized carbons (Fsp3) is 0.167. The SMILES string of the molecule is C=CCc1c(C)ccc2[nH]ccc12. The Hall–Kier alpha value is -1.50. The highest BCUT2D eigenvalue weighted by atomic mass is 14.7. The zero-order valence-electron chi connectivity index (χ0n) is 7.80. The number of aromatic nitrogens is 1. The summed E-state index contributed by atoms with van der Waals surface area (Å²) < 4.78 is 0. The number of benzene rings is 1. The lowest BCUT2D eigenvalue weighted by Crippen LogP contribution is -1.87. The Labute approximate surface area is 78.1 Å². The normalized spacial score (nSPS) is 10.5. The zero-order chi connectivity index (χ0) is 9.26. The first-order chi connectivity index (χ1) is 6.33. The van der Waals surface area contributed by atoms with E-state index in [0.29, 0.717) is 0 Å². The zero-order valence-corrected chi connectivity index (χ0v) is 7.80. The highest BCUT2D eigenvalue weighted by molar-refractivity contribution is 5.84. The molecule has 1 nitrogen and oxygen atoms in total. The van der Waals surface area contributed by atoms with E-state index in [1.165, 1.54) is 22.0 Å². The molecular formula is C12H13N. The molecule has 0 atom stereocenters. The van der Waals surface area contributed by atoms with Gasteiger partial charge >= 0.3 is 0 Å². The van der Waals surface area contributed by atoms with Crippen molar-refractivity contribution in [3.63, 3.8) is 0 Å². The molecule has 1 heterocycles. The standard InChI is InChI=1S/C12H13N/c1-3-4-10-9(2)5-6-12-11(10)7-8-13-12/h3,5-8,13H,1,4H2,2H3. The third-order valence-electron chi connectivity index (χ3n) is 2.43. The van der Waals surface area contributed by atoms with E-state index in [4.69, 9.17) is 0 Å². The van der Waals surface area contributed by atoms with Crippen LogP contribution in [0.4, 0.5) is 0 Å². The van der Waals surface area contributed by atoms with Crippen LogP contribution in [0.15, 0.2) is 37.1 Å². The molecule has 0 spiro atoms. The Morgan fingerprint density at radius 1 is 1.38 bits per heavy atom. The fourth-order valence-electron chi connectivity index (χ4n) is 1.72. The molecule has 13 heavy (non-hydrogen) atoms. The molecule has 0 saturated heterocycles. The van der Waals surface area contributed by atoms with Gasteiger partial charge in [-0.25, -0.2) is 0 Å². The van der Waals surface area contributed by atoms with E-state index in [9.17, 15) is 0 Å². The fourth-order valence-corrected chi connectivity index (χ4v) is 1.72. The van der Waals surface area contributed by atoms with E-state index < -0.39 is 0 Å². The van der Waals surface area contributed by atoms with Crippen LogP contribution in [-0.2, 0) is 6.42 Å². The van der Waals surface area contributed by atoms with Gasteiger partial charge in [0.15, 0.2) is 0 Å². The molecule has 0 aliphatic heterocycles. The van der Waals surface area contributed by atoms with E-state index in [1.807, 2.05) is 12.3 Å². The van der Waals surface area contributed by atoms with Crippen LogP contribution in [0, 0.1) is 6.92 Å². The molecule has 0 unspecified atom stereocenters. The molecule has 0 aliphatic carbocycles. The van der Waals surface area contributed by atoms with Gasteiger partial charge in [0.05, 0.1) is 0 Å². The molecule has 1 heteroatoms. The highest BCUT2D eigenvalue weighted by Gasteiger charge is 2.02. The molecular weight excluding hydrogens is 158 g/mol. The highest BCUT2D eigenvalue weighted by Crippen LogP contribution is 2.21. The summed E-state index contributed by atoms with van der Waals surface area (Å²) in [7, 11) is 0. The summed E-state index contributed by atoms with van der Waals surface area (Å²) in [6, 6.07) is 6.40. The van der Waals surface area contributed by atoms with Crippen LogP contribution in [0.1, 0.15) is 11.1 Å². The number of fused-ring (bicyclic) bond motifs is 1. The van der Waals surface area contributed by atoms with Crippen molar-refractivity contribution in [2.75, 3.05) is 0 Å². The molecule has 2 rings (SSSR count). The number of H-pyrrole nitrogens is 1. The largest absolute Gasteiger partial charge is 0.361 e. The molecule has 2 aromatic rings. The first kappa shape index (κ1) is 8.11. The Morgan fingerprint density at radius 3 is 3.00 bits per heavy atom. The minimum absolute atomic E-state index is 0.945. The average molecular weight is 171 g/mol. The number of rotatable bonds is 2. The Bertz CT molecular complexity index is 437. The maximum atomic E-state index is 3.78. The van der Waals surface area contributed by atoms with Gasteiger partial charge in [0, 0.05) is 17.1 Å². The van der Waals surface area contributed by atoms with Crippen molar-refractivity contribution in [2.45, 2.75) is 13.3 Å². The van der Waals surface area contributed by atoms with Crippen molar-refractivity contribution in [1.29, 1.82) is 0 Å². The predicted molar refractivity (Wildman–Crippen MR) is 56.9 cm³/mol. The molecule has 0 radical (unpaired) electrons. The summed E-state index contributed by atoms with van der Waals surface area (Å²) in [5.74, 6) is 0. The summed E-state index contributed by atoms with van der Waals surface area (Å²) in [5, 5.41) is 1.32. The molecule has 0 aliphatic rings. The van der Waals surface area contributed by atoms with Gasteiger partial charge in [-0.05, 0) is 36.6 Å². The number of hydrogen-bond acceptors (Lipinski definition) is 0. The third-order valence-corrected chi connectivity index (χ3v) is 2.43. The number of nitrogens with one attached hydrogen (secondary N) is 1. The van der Waals surface area contributed by atoms with Gasteiger partial charge in [0.25, 0.3) is 0 Å². The summed E-state index contributed by atoms with van der Waals surface area (Å²) in [5.41, 5.74) is 3.93. The van der Waals surface area contributed by atoms with Gasteiger partial charge in [-0.1, -0.05) is 12.1 Å². The summed E-state index contributed by atoms with van der Waals surface area (Å²) in [4.78, 5) is 3.21. The van der Waals surface area contributed by atoms with Gasteiger partial charge in [0.2, 0.25) is 0 Å². The van der Waals surface area contributed by atoms with Crippen LogP contribution in [0.3, 0.4) is 0 Å². The average Bonchev–Trinajstić information content (AvgIpc) is 2.58. The Balaban J connectivity index is 2.72. The first-order valence-corrected chi connectivity index (χ1v) is 4.49. The Morgan fingerprint density at radius 2 is 2.23 bits per heavy atom. The van der Waals surface area contributed by atoms with Crippen LogP contribution >= 0.6 is 0 Å². The summed E-state index contributed by atoms with van der Waals surface area (Å²) >= 11 is 0. The van der Waals surface area contributed by atoms with Crippen molar-refractivity contribution >= 4 is 10.9 Å². The molecule has 1 aromatic heterocycles. The Kier molecular flexibility index (Phi) is 1.93. The van der Waals surface area contributed by atoms with Crippen LogP contribution in [0.5, 0.6) is 0 Å². The van der Waals surface area contributed by atoms with E-state index in [1.54, 1.807) is 0 Å². The lowest BCUT2D eigenvalue weighted by atomic mass is 10.0. The van der Waals surface area contributed by atoms with E-state index in [2.05, 4.69) is 36.7 Å². The van der Waals surface area contributed by atoms with Gasteiger partial charge in [-0.2, -0.15) is 0 Å². The maximum Gasteiger partial charge on any atom is 0.0457 e. The lowest BCUT2D eigenvalue weighted by Gasteiger charge is -2.04. The van der Waals surface area contributed by atoms with E-state index >= 15 is 0 Å². The van der Waals surface area contributed by atoms with Crippen molar-refractivity contribution in [3.8, 4) is 0 Å². The van der Waals surface area contributed by atoms with E-state index in [0.717, 1.165) is 6.42 Å². The smallest absolute Gasteiger partial charge is 0.0457 e. The quantitative estimate of drug-likeness (QED) is 0.668.